The molecule has 1 fully saturated rings. The minimum atomic E-state index is -0.776. The Hall–Kier alpha value is -1.34. The van der Waals surface area contributed by atoms with Crippen LogP contribution in [-0.2, 0) is 19.0 Å². The van der Waals surface area contributed by atoms with Crippen molar-refractivity contribution in [2.24, 2.45) is 0 Å². The Balaban J connectivity index is 2.71. The van der Waals surface area contributed by atoms with E-state index in [0.717, 1.165) is 0 Å². The summed E-state index contributed by atoms with van der Waals surface area (Å²) in [5, 5.41) is 2.63. The average Bonchev–Trinajstić information content (AvgIpc) is 2.40. The minimum Gasteiger partial charge on any atom is -0.444 e. The molecule has 1 aliphatic heterocycles. The number of carbonyl (C=O) groups is 2. The molecule has 7 heteroatoms. The van der Waals surface area contributed by atoms with Gasteiger partial charge in [-0.25, -0.2) is 4.79 Å². The molecule has 0 spiro atoms. The van der Waals surface area contributed by atoms with E-state index in [2.05, 4.69) is 5.32 Å². The quantitative estimate of drug-likeness (QED) is 0.846. The van der Waals surface area contributed by atoms with E-state index in [-0.39, 0.29) is 12.5 Å². The summed E-state index contributed by atoms with van der Waals surface area (Å²) in [5.41, 5.74) is -1.03. The van der Waals surface area contributed by atoms with E-state index >= 15 is 0 Å². The largest absolute Gasteiger partial charge is 0.444 e. The van der Waals surface area contributed by atoms with Crippen molar-refractivity contribution in [1.82, 2.24) is 10.2 Å². The predicted octanol–water partition coefficient (Wildman–Crippen LogP) is 1.55. The van der Waals surface area contributed by atoms with Crippen LogP contribution in [0, 0.1) is 0 Å². The van der Waals surface area contributed by atoms with Gasteiger partial charge in [0, 0.05) is 13.1 Å². The molecule has 0 bridgehead atoms. The molecule has 1 rings (SSSR count). The van der Waals surface area contributed by atoms with Gasteiger partial charge >= 0.3 is 6.09 Å². The molecular formula is C16H30N2O5. The zero-order chi connectivity index (χ0) is 17.7. The molecule has 1 N–H and O–H groups in total. The lowest BCUT2D eigenvalue weighted by Crippen LogP contribution is -2.54. The van der Waals surface area contributed by atoms with E-state index in [1.165, 1.54) is 0 Å². The van der Waals surface area contributed by atoms with Gasteiger partial charge in [0.05, 0.1) is 25.4 Å². The third-order valence-corrected chi connectivity index (χ3v) is 2.99. The molecule has 0 aromatic heterocycles. The minimum absolute atomic E-state index is 0.0962. The number of alkyl carbamates (subject to hydrolysis) is 1. The van der Waals surface area contributed by atoms with Gasteiger partial charge in [0.25, 0.3) is 0 Å². The van der Waals surface area contributed by atoms with Crippen LogP contribution in [0.15, 0.2) is 0 Å². The summed E-state index contributed by atoms with van der Waals surface area (Å²) in [6.45, 7) is 13.2. The van der Waals surface area contributed by atoms with Crippen LogP contribution in [0.3, 0.4) is 0 Å². The highest BCUT2D eigenvalue weighted by atomic mass is 16.6. The molecule has 7 nitrogen and oxygen atoms in total. The molecule has 0 aromatic rings. The number of nitrogens with zero attached hydrogens (tertiary/aromatic N) is 1. The van der Waals surface area contributed by atoms with Crippen LogP contribution in [0.25, 0.3) is 0 Å². The third kappa shape index (κ3) is 8.18. The Bertz CT molecular complexity index is 406. The fourth-order valence-electron chi connectivity index (χ4n) is 1.96. The molecule has 0 aromatic carbocycles. The van der Waals surface area contributed by atoms with Gasteiger partial charge in [0.1, 0.15) is 11.6 Å². The molecule has 1 saturated heterocycles. The zero-order valence-electron chi connectivity index (χ0n) is 15.1. The van der Waals surface area contributed by atoms with Crippen molar-refractivity contribution in [2.45, 2.75) is 58.8 Å². The number of morpholine rings is 1. The number of hydrogen-bond donors (Lipinski definition) is 1. The third-order valence-electron chi connectivity index (χ3n) is 2.99. The summed E-state index contributed by atoms with van der Waals surface area (Å²) < 4.78 is 16.2. The summed E-state index contributed by atoms with van der Waals surface area (Å²) in [7, 11) is 0. The van der Waals surface area contributed by atoms with Gasteiger partial charge in [-0.05, 0) is 41.5 Å². The molecule has 1 unspecified atom stereocenters. The van der Waals surface area contributed by atoms with Crippen LogP contribution in [0.2, 0.25) is 0 Å². The second-order valence-electron chi connectivity index (χ2n) is 7.56. The number of rotatable bonds is 4. The summed E-state index contributed by atoms with van der Waals surface area (Å²) in [6, 6.07) is -0.776. The maximum Gasteiger partial charge on any atom is 0.408 e. The van der Waals surface area contributed by atoms with Gasteiger partial charge in [-0.2, -0.15) is 0 Å². The normalized spacial score (nSPS) is 17.6. The molecule has 1 aliphatic rings. The Labute approximate surface area is 138 Å². The first-order chi connectivity index (χ1) is 10.5. The maximum absolute atomic E-state index is 12.6. The van der Waals surface area contributed by atoms with Crippen molar-refractivity contribution >= 4 is 12.0 Å². The highest BCUT2D eigenvalue weighted by Crippen LogP contribution is 2.11. The van der Waals surface area contributed by atoms with Crippen LogP contribution in [0.5, 0.6) is 0 Å². The Morgan fingerprint density at radius 3 is 2.13 bits per heavy atom. The average molecular weight is 330 g/mol. The van der Waals surface area contributed by atoms with Crippen LogP contribution in [-0.4, -0.2) is 67.1 Å². The Morgan fingerprint density at radius 2 is 1.65 bits per heavy atom. The van der Waals surface area contributed by atoms with Gasteiger partial charge < -0.3 is 24.4 Å². The number of nitrogens with one attached hydrogen (secondary N) is 1. The smallest absolute Gasteiger partial charge is 0.408 e. The van der Waals surface area contributed by atoms with Gasteiger partial charge in [-0.15, -0.1) is 0 Å². The van der Waals surface area contributed by atoms with Crippen molar-refractivity contribution in [1.29, 1.82) is 0 Å². The fourth-order valence-corrected chi connectivity index (χ4v) is 1.96. The monoisotopic (exact) mass is 330 g/mol. The number of amides is 2. The van der Waals surface area contributed by atoms with E-state index in [9.17, 15) is 9.59 Å². The topological polar surface area (TPSA) is 77.1 Å². The lowest BCUT2D eigenvalue weighted by atomic mass is 10.2. The molecule has 23 heavy (non-hydrogen) atoms. The Kier molecular flexibility index (Phi) is 6.83. The van der Waals surface area contributed by atoms with Crippen molar-refractivity contribution < 1.29 is 23.8 Å². The molecular weight excluding hydrogens is 300 g/mol. The van der Waals surface area contributed by atoms with Crippen LogP contribution >= 0.6 is 0 Å². The van der Waals surface area contributed by atoms with Crippen LogP contribution in [0.1, 0.15) is 41.5 Å². The standard InChI is InChI=1S/C16H30N2O5/c1-15(2,3)22-11-12(17-14(20)23-16(4,5)6)13(19)18-7-9-21-10-8-18/h12H,7-11H2,1-6H3,(H,17,20). The first-order valence-electron chi connectivity index (χ1n) is 7.98. The number of carbonyl (C=O) groups excluding carboxylic acids is 2. The summed E-state index contributed by atoms with van der Waals surface area (Å²) in [4.78, 5) is 26.3. The van der Waals surface area contributed by atoms with E-state index < -0.39 is 23.3 Å². The van der Waals surface area contributed by atoms with E-state index in [1.807, 2.05) is 20.8 Å². The molecule has 1 heterocycles. The summed E-state index contributed by atoms with van der Waals surface area (Å²) >= 11 is 0. The second-order valence-corrected chi connectivity index (χ2v) is 7.56. The van der Waals surface area contributed by atoms with Gasteiger partial charge in [0.2, 0.25) is 5.91 Å². The first-order valence-corrected chi connectivity index (χ1v) is 7.98. The van der Waals surface area contributed by atoms with E-state index in [1.54, 1.807) is 25.7 Å². The summed E-state index contributed by atoms with van der Waals surface area (Å²) in [6.07, 6.45) is -0.624. The fraction of sp³-hybridized carbons (Fsp3) is 0.875. The lowest BCUT2D eigenvalue weighted by Gasteiger charge is -2.32. The SMILES string of the molecule is CC(C)(C)OCC(NC(=O)OC(C)(C)C)C(=O)N1CCOCC1. The molecule has 0 aliphatic carbocycles. The first kappa shape index (κ1) is 19.7. The predicted molar refractivity (Wildman–Crippen MR) is 86.3 cm³/mol. The maximum atomic E-state index is 12.6. The van der Waals surface area contributed by atoms with Gasteiger partial charge in [-0.1, -0.05) is 0 Å². The molecule has 1 atom stereocenters. The van der Waals surface area contributed by atoms with Crippen LogP contribution < -0.4 is 5.32 Å². The molecule has 2 amide bonds. The van der Waals surface area contributed by atoms with Crippen molar-refractivity contribution in [3.63, 3.8) is 0 Å². The zero-order valence-corrected chi connectivity index (χ0v) is 15.1. The van der Waals surface area contributed by atoms with Gasteiger partial charge in [-0.3, -0.25) is 4.79 Å². The molecule has 0 radical (unpaired) electrons. The summed E-state index contributed by atoms with van der Waals surface area (Å²) in [5.74, 6) is -0.177. The second kappa shape index (κ2) is 7.97. The highest BCUT2D eigenvalue weighted by Gasteiger charge is 2.30. The molecule has 0 saturated carbocycles. The Morgan fingerprint density at radius 1 is 1.09 bits per heavy atom. The van der Waals surface area contributed by atoms with Crippen molar-refractivity contribution in [3.05, 3.63) is 0 Å². The highest BCUT2D eigenvalue weighted by molar-refractivity contribution is 5.86. The number of ether oxygens (including phenoxy) is 3. The van der Waals surface area contributed by atoms with Gasteiger partial charge in [0.15, 0.2) is 0 Å². The van der Waals surface area contributed by atoms with Crippen molar-refractivity contribution in [3.8, 4) is 0 Å². The molecule has 134 valence electrons. The number of hydrogen-bond acceptors (Lipinski definition) is 5. The van der Waals surface area contributed by atoms with Crippen molar-refractivity contribution in [2.75, 3.05) is 32.9 Å². The van der Waals surface area contributed by atoms with E-state index in [0.29, 0.717) is 26.3 Å². The van der Waals surface area contributed by atoms with E-state index in [4.69, 9.17) is 14.2 Å². The lowest BCUT2D eigenvalue weighted by molar-refractivity contribution is -0.140. The van der Waals surface area contributed by atoms with Crippen LogP contribution in [0.4, 0.5) is 4.79 Å².